The summed E-state index contributed by atoms with van der Waals surface area (Å²) in [6.07, 6.45) is 0. The van der Waals surface area contributed by atoms with E-state index in [4.69, 9.17) is 0 Å². The molecule has 0 aliphatic carbocycles. The highest BCUT2D eigenvalue weighted by Crippen LogP contribution is 2.21. The molecule has 0 saturated carbocycles. The first-order chi connectivity index (χ1) is 6.61. The third-order valence-electron chi connectivity index (χ3n) is 2.11. The van der Waals surface area contributed by atoms with Crippen molar-refractivity contribution in [3.8, 4) is 0 Å². The number of nitrogens with one attached hydrogen (secondary N) is 1. The fourth-order valence-electron chi connectivity index (χ4n) is 1.29. The molecule has 1 aromatic heterocycles. The largest absolute Gasteiger partial charge is 0.313 e. The number of hydrogen-bond donors (Lipinski definition) is 1. The number of rotatable bonds is 5. The Kier molecular flexibility index (Phi) is 4.29. The van der Waals surface area contributed by atoms with Gasteiger partial charge >= 0.3 is 0 Å². The lowest BCUT2D eigenvalue weighted by Gasteiger charge is -2.15. The number of carbonyl (C=O) groups is 1. The van der Waals surface area contributed by atoms with Crippen molar-refractivity contribution in [2.24, 2.45) is 0 Å². The van der Waals surface area contributed by atoms with Gasteiger partial charge in [0.15, 0.2) is 0 Å². The molecule has 78 valence electrons. The molecule has 0 aromatic carbocycles. The van der Waals surface area contributed by atoms with Crippen LogP contribution in [0.4, 0.5) is 0 Å². The summed E-state index contributed by atoms with van der Waals surface area (Å²) in [6.45, 7) is 6.58. The van der Waals surface area contributed by atoms with E-state index in [9.17, 15) is 4.79 Å². The van der Waals surface area contributed by atoms with Gasteiger partial charge in [0, 0.05) is 17.5 Å². The third kappa shape index (κ3) is 3.24. The van der Waals surface area contributed by atoms with Crippen LogP contribution in [0.5, 0.6) is 0 Å². The van der Waals surface area contributed by atoms with Crippen LogP contribution in [0.2, 0.25) is 0 Å². The molecule has 3 heteroatoms. The molecular weight excluding hydrogens is 194 g/mol. The van der Waals surface area contributed by atoms with E-state index < -0.39 is 0 Å². The van der Waals surface area contributed by atoms with E-state index in [1.165, 1.54) is 0 Å². The van der Waals surface area contributed by atoms with Crippen LogP contribution in [0, 0.1) is 0 Å². The average Bonchev–Trinajstić information content (AvgIpc) is 2.56. The summed E-state index contributed by atoms with van der Waals surface area (Å²) in [5, 5.41) is 5.32. The number of hydrogen-bond acceptors (Lipinski definition) is 3. The molecule has 14 heavy (non-hydrogen) atoms. The van der Waals surface area contributed by atoms with Gasteiger partial charge in [-0.25, -0.2) is 0 Å². The Morgan fingerprint density at radius 1 is 1.57 bits per heavy atom. The van der Waals surface area contributed by atoms with Crippen LogP contribution in [-0.4, -0.2) is 18.4 Å². The zero-order valence-electron chi connectivity index (χ0n) is 8.91. The highest BCUT2D eigenvalue weighted by atomic mass is 32.1. The lowest BCUT2D eigenvalue weighted by molar-refractivity contribution is -0.118. The fourth-order valence-corrected chi connectivity index (χ4v) is 2.17. The predicted octanol–water partition coefficient (Wildman–Crippen LogP) is 2.42. The standard InChI is InChI=1S/C11H17NOS/c1-8(2)12-7-10(9(3)13)11-5-4-6-14-11/h4-6,8,10,12H,7H2,1-3H3/t10-/m0/s1. The van der Waals surface area contributed by atoms with Crippen molar-refractivity contribution in [2.45, 2.75) is 32.7 Å². The van der Waals surface area contributed by atoms with Crippen molar-refractivity contribution in [1.82, 2.24) is 5.32 Å². The number of Topliss-reactive ketones (excluding diaryl/α,β-unsaturated/α-hetero) is 1. The Balaban J connectivity index is 2.61. The van der Waals surface area contributed by atoms with Crippen LogP contribution in [0.15, 0.2) is 17.5 Å². The van der Waals surface area contributed by atoms with Crippen molar-refractivity contribution in [1.29, 1.82) is 0 Å². The fraction of sp³-hybridized carbons (Fsp3) is 0.545. The quantitative estimate of drug-likeness (QED) is 0.810. The first-order valence-electron chi connectivity index (χ1n) is 4.88. The zero-order valence-corrected chi connectivity index (χ0v) is 9.73. The van der Waals surface area contributed by atoms with E-state index in [1.807, 2.05) is 17.5 Å². The normalized spacial score (nSPS) is 13.1. The first-order valence-corrected chi connectivity index (χ1v) is 5.76. The zero-order chi connectivity index (χ0) is 10.6. The summed E-state index contributed by atoms with van der Waals surface area (Å²) in [7, 11) is 0. The lowest BCUT2D eigenvalue weighted by Crippen LogP contribution is -2.30. The molecular formula is C11H17NOS. The molecule has 0 bridgehead atoms. The molecule has 1 heterocycles. The third-order valence-corrected chi connectivity index (χ3v) is 3.09. The summed E-state index contributed by atoms with van der Waals surface area (Å²) in [5.41, 5.74) is 0. The van der Waals surface area contributed by atoms with Crippen molar-refractivity contribution in [2.75, 3.05) is 6.54 Å². The second kappa shape index (κ2) is 5.27. The molecule has 0 spiro atoms. The average molecular weight is 211 g/mol. The maximum atomic E-state index is 11.4. The SMILES string of the molecule is CC(=O)[C@H](CNC(C)C)c1cccs1. The van der Waals surface area contributed by atoms with E-state index in [0.29, 0.717) is 6.04 Å². The summed E-state index contributed by atoms with van der Waals surface area (Å²) < 4.78 is 0. The van der Waals surface area contributed by atoms with E-state index in [2.05, 4.69) is 19.2 Å². The maximum absolute atomic E-state index is 11.4. The van der Waals surface area contributed by atoms with E-state index in [0.717, 1.165) is 11.4 Å². The number of carbonyl (C=O) groups excluding carboxylic acids is 1. The van der Waals surface area contributed by atoms with Crippen LogP contribution < -0.4 is 5.32 Å². The summed E-state index contributed by atoms with van der Waals surface area (Å²) >= 11 is 1.65. The van der Waals surface area contributed by atoms with Gasteiger partial charge in [0.25, 0.3) is 0 Å². The molecule has 0 amide bonds. The predicted molar refractivity (Wildman–Crippen MR) is 60.9 cm³/mol. The monoisotopic (exact) mass is 211 g/mol. The van der Waals surface area contributed by atoms with Crippen LogP contribution in [0.25, 0.3) is 0 Å². The molecule has 0 fully saturated rings. The Bertz CT molecular complexity index is 279. The Hall–Kier alpha value is -0.670. The van der Waals surface area contributed by atoms with E-state index >= 15 is 0 Å². The molecule has 0 saturated heterocycles. The van der Waals surface area contributed by atoms with Crippen LogP contribution in [-0.2, 0) is 4.79 Å². The molecule has 0 radical (unpaired) electrons. The van der Waals surface area contributed by atoms with Gasteiger partial charge in [0.05, 0.1) is 5.92 Å². The molecule has 0 unspecified atom stereocenters. The van der Waals surface area contributed by atoms with Gasteiger partial charge in [0.1, 0.15) is 5.78 Å². The van der Waals surface area contributed by atoms with Crippen molar-refractivity contribution >= 4 is 17.1 Å². The van der Waals surface area contributed by atoms with Crippen molar-refractivity contribution in [3.05, 3.63) is 22.4 Å². The molecule has 0 aliphatic heterocycles. The Morgan fingerprint density at radius 3 is 2.71 bits per heavy atom. The topological polar surface area (TPSA) is 29.1 Å². The minimum Gasteiger partial charge on any atom is -0.313 e. The minimum absolute atomic E-state index is 0.0254. The van der Waals surface area contributed by atoms with Crippen LogP contribution in [0.1, 0.15) is 31.6 Å². The smallest absolute Gasteiger partial charge is 0.139 e. The molecule has 1 atom stereocenters. The Labute approximate surface area is 89.3 Å². The van der Waals surface area contributed by atoms with Gasteiger partial charge in [-0.3, -0.25) is 4.79 Å². The molecule has 1 N–H and O–H groups in total. The second-order valence-corrected chi connectivity index (χ2v) is 4.72. The highest BCUT2D eigenvalue weighted by molar-refractivity contribution is 7.10. The minimum atomic E-state index is 0.0254. The van der Waals surface area contributed by atoms with E-state index in [-0.39, 0.29) is 11.7 Å². The van der Waals surface area contributed by atoms with Crippen LogP contribution >= 0.6 is 11.3 Å². The van der Waals surface area contributed by atoms with E-state index in [1.54, 1.807) is 18.3 Å². The van der Waals surface area contributed by atoms with Crippen LogP contribution in [0.3, 0.4) is 0 Å². The maximum Gasteiger partial charge on any atom is 0.139 e. The molecule has 1 aromatic rings. The van der Waals surface area contributed by atoms with Gasteiger partial charge in [-0.05, 0) is 18.4 Å². The molecule has 1 rings (SSSR count). The van der Waals surface area contributed by atoms with Crippen molar-refractivity contribution in [3.63, 3.8) is 0 Å². The van der Waals surface area contributed by atoms with Gasteiger partial charge in [-0.2, -0.15) is 0 Å². The van der Waals surface area contributed by atoms with Gasteiger partial charge in [-0.15, -0.1) is 11.3 Å². The number of thiophene rings is 1. The summed E-state index contributed by atoms with van der Waals surface area (Å²) in [4.78, 5) is 12.6. The number of ketones is 1. The molecule has 2 nitrogen and oxygen atoms in total. The van der Waals surface area contributed by atoms with Gasteiger partial charge in [0.2, 0.25) is 0 Å². The highest BCUT2D eigenvalue weighted by Gasteiger charge is 2.17. The first kappa shape index (κ1) is 11.4. The van der Waals surface area contributed by atoms with Gasteiger partial charge < -0.3 is 5.32 Å². The second-order valence-electron chi connectivity index (χ2n) is 3.74. The summed E-state index contributed by atoms with van der Waals surface area (Å²) in [5.74, 6) is 0.262. The lowest BCUT2D eigenvalue weighted by atomic mass is 10.0. The van der Waals surface area contributed by atoms with Crippen molar-refractivity contribution < 1.29 is 4.79 Å². The Morgan fingerprint density at radius 2 is 2.29 bits per heavy atom. The summed E-state index contributed by atoms with van der Waals surface area (Å²) in [6, 6.07) is 4.45. The van der Waals surface area contributed by atoms with Gasteiger partial charge in [-0.1, -0.05) is 19.9 Å². The molecule has 0 aliphatic rings.